The molecule has 4 rings (SSSR count). The van der Waals surface area contributed by atoms with Crippen molar-refractivity contribution in [3.05, 3.63) is 77.2 Å². The van der Waals surface area contributed by atoms with Gasteiger partial charge in [-0.2, -0.15) is 0 Å². The molecule has 26 heavy (non-hydrogen) atoms. The second-order valence-corrected chi connectivity index (χ2v) is 7.14. The van der Waals surface area contributed by atoms with Gasteiger partial charge in [-0.05, 0) is 48.6 Å². The van der Waals surface area contributed by atoms with Crippen molar-refractivity contribution >= 4 is 17.5 Å². The van der Waals surface area contributed by atoms with Gasteiger partial charge in [-0.25, -0.2) is 4.98 Å². The van der Waals surface area contributed by atoms with Gasteiger partial charge in [0.15, 0.2) is 5.76 Å². The number of imidazole rings is 1. The molecule has 0 saturated heterocycles. The SMILES string of the molecule is O=C(c1ccco1)N(Cc1nccn1Cc1cccc(Cl)c1)CC1CC1. The third-order valence-corrected chi connectivity index (χ3v) is 4.81. The van der Waals surface area contributed by atoms with E-state index in [-0.39, 0.29) is 5.91 Å². The lowest BCUT2D eigenvalue weighted by Crippen LogP contribution is -2.33. The van der Waals surface area contributed by atoms with Crippen LogP contribution < -0.4 is 0 Å². The Labute approximate surface area is 157 Å². The van der Waals surface area contributed by atoms with Crippen LogP contribution in [0.15, 0.2) is 59.5 Å². The van der Waals surface area contributed by atoms with Crippen LogP contribution in [-0.2, 0) is 13.1 Å². The Morgan fingerprint density at radius 3 is 2.92 bits per heavy atom. The van der Waals surface area contributed by atoms with Crippen LogP contribution in [-0.4, -0.2) is 26.9 Å². The molecular formula is C20H20ClN3O2. The fraction of sp³-hybridized carbons (Fsp3) is 0.300. The number of nitrogens with zero attached hydrogens (tertiary/aromatic N) is 3. The first-order valence-corrected chi connectivity index (χ1v) is 9.14. The minimum Gasteiger partial charge on any atom is -0.459 e. The summed E-state index contributed by atoms with van der Waals surface area (Å²) in [5.41, 5.74) is 1.10. The van der Waals surface area contributed by atoms with Crippen LogP contribution in [0.1, 0.15) is 34.8 Å². The maximum Gasteiger partial charge on any atom is 0.289 e. The number of carbonyl (C=O) groups is 1. The predicted octanol–water partition coefficient (Wildman–Crippen LogP) is 4.23. The topological polar surface area (TPSA) is 51.3 Å². The molecule has 1 aliphatic carbocycles. The molecule has 1 amide bonds. The minimum atomic E-state index is -0.0841. The largest absolute Gasteiger partial charge is 0.459 e. The molecule has 3 aromatic rings. The molecule has 1 aromatic carbocycles. The van der Waals surface area contributed by atoms with E-state index in [1.165, 1.54) is 19.1 Å². The highest BCUT2D eigenvalue weighted by Crippen LogP contribution is 2.30. The third kappa shape index (κ3) is 3.99. The van der Waals surface area contributed by atoms with Crippen molar-refractivity contribution in [3.63, 3.8) is 0 Å². The van der Waals surface area contributed by atoms with Gasteiger partial charge >= 0.3 is 0 Å². The first-order chi connectivity index (χ1) is 12.7. The van der Waals surface area contributed by atoms with Crippen LogP contribution >= 0.6 is 11.6 Å². The van der Waals surface area contributed by atoms with Gasteiger partial charge in [0.25, 0.3) is 5.91 Å². The Morgan fingerprint density at radius 2 is 2.19 bits per heavy atom. The van der Waals surface area contributed by atoms with Gasteiger partial charge < -0.3 is 13.9 Å². The Hall–Kier alpha value is -2.53. The van der Waals surface area contributed by atoms with E-state index in [0.29, 0.717) is 29.8 Å². The zero-order valence-corrected chi connectivity index (χ0v) is 15.1. The van der Waals surface area contributed by atoms with Gasteiger partial charge in [-0.3, -0.25) is 4.79 Å². The Morgan fingerprint density at radius 1 is 1.31 bits per heavy atom. The van der Waals surface area contributed by atoms with Gasteiger partial charge in [0, 0.05) is 30.5 Å². The summed E-state index contributed by atoms with van der Waals surface area (Å²) >= 11 is 6.08. The second kappa shape index (κ2) is 7.38. The maximum atomic E-state index is 12.8. The van der Waals surface area contributed by atoms with Crippen molar-refractivity contribution in [2.75, 3.05) is 6.54 Å². The summed E-state index contributed by atoms with van der Waals surface area (Å²) in [7, 11) is 0. The van der Waals surface area contributed by atoms with E-state index in [1.807, 2.05) is 35.4 Å². The Kier molecular flexibility index (Phi) is 4.80. The summed E-state index contributed by atoms with van der Waals surface area (Å²) in [6.45, 7) is 1.87. The summed E-state index contributed by atoms with van der Waals surface area (Å²) in [5, 5.41) is 0.715. The number of hydrogen-bond donors (Lipinski definition) is 0. The van der Waals surface area contributed by atoms with Crippen molar-refractivity contribution in [3.8, 4) is 0 Å². The standard InChI is InChI=1S/C20H20ClN3O2/c21-17-4-1-3-16(11-17)13-23-9-8-22-19(23)14-24(12-15-6-7-15)20(25)18-5-2-10-26-18/h1-5,8-11,15H,6-7,12-14H2. The van der Waals surface area contributed by atoms with Crippen LogP contribution in [0, 0.1) is 5.92 Å². The quantitative estimate of drug-likeness (QED) is 0.626. The summed E-state index contributed by atoms with van der Waals surface area (Å²) in [6, 6.07) is 11.2. The van der Waals surface area contributed by atoms with Gasteiger partial charge in [-0.15, -0.1) is 0 Å². The lowest BCUT2D eigenvalue weighted by atomic mass is 10.2. The van der Waals surface area contributed by atoms with Crippen LogP contribution in [0.3, 0.4) is 0 Å². The van der Waals surface area contributed by atoms with Crippen molar-refractivity contribution in [1.82, 2.24) is 14.5 Å². The fourth-order valence-corrected chi connectivity index (χ4v) is 3.24. The molecule has 134 valence electrons. The maximum absolute atomic E-state index is 12.8. The molecule has 1 aliphatic rings. The molecule has 6 heteroatoms. The minimum absolute atomic E-state index is 0.0841. The zero-order chi connectivity index (χ0) is 17.9. The average molecular weight is 370 g/mol. The molecule has 0 atom stereocenters. The van der Waals surface area contributed by atoms with Gasteiger partial charge in [-0.1, -0.05) is 23.7 Å². The highest BCUT2D eigenvalue weighted by Gasteiger charge is 2.29. The summed E-state index contributed by atoms with van der Waals surface area (Å²) in [5.74, 6) is 1.73. The molecule has 0 aliphatic heterocycles. The molecule has 5 nitrogen and oxygen atoms in total. The van der Waals surface area contributed by atoms with Gasteiger partial charge in [0.05, 0.1) is 12.8 Å². The monoisotopic (exact) mass is 369 g/mol. The lowest BCUT2D eigenvalue weighted by Gasteiger charge is -2.22. The summed E-state index contributed by atoms with van der Waals surface area (Å²) in [6.07, 6.45) is 7.59. The number of halogens is 1. The molecule has 0 radical (unpaired) electrons. The molecule has 2 heterocycles. The number of furan rings is 1. The van der Waals surface area contributed by atoms with Crippen molar-refractivity contribution < 1.29 is 9.21 Å². The molecule has 0 spiro atoms. The smallest absolute Gasteiger partial charge is 0.289 e. The second-order valence-electron chi connectivity index (χ2n) is 6.71. The van der Waals surface area contributed by atoms with E-state index in [1.54, 1.807) is 18.3 Å². The number of rotatable bonds is 7. The van der Waals surface area contributed by atoms with E-state index >= 15 is 0 Å². The number of benzene rings is 1. The van der Waals surface area contributed by atoms with Crippen molar-refractivity contribution in [2.45, 2.75) is 25.9 Å². The highest BCUT2D eigenvalue weighted by atomic mass is 35.5. The third-order valence-electron chi connectivity index (χ3n) is 4.57. The molecule has 0 N–H and O–H groups in total. The van der Waals surface area contributed by atoms with Gasteiger partial charge in [0.2, 0.25) is 0 Å². The molecule has 0 unspecified atom stereocenters. The average Bonchev–Trinajstić information content (AvgIpc) is 3.08. The van der Waals surface area contributed by atoms with Crippen molar-refractivity contribution in [2.24, 2.45) is 5.92 Å². The first kappa shape index (κ1) is 16.9. The molecule has 2 aromatic heterocycles. The first-order valence-electron chi connectivity index (χ1n) is 8.76. The van der Waals surface area contributed by atoms with Crippen LogP contribution in [0.25, 0.3) is 0 Å². The van der Waals surface area contributed by atoms with E-state index in [0.717, 1.165) is 17.9 Å². The Bertz CT molecular complexity index is 884. The van der Waals surface area contributed by atoms with E-state index in [4.69, 9.17) is 16.0 Å². The Balaban J connectivity index is 1.52. The van der Waals surface area contributed by atoms with Crippen LogP contribution in [0.4, 0.5) is 0 Å². The fourth-order valence-electron chi connectivity index (χ4n) is 3.03. The summed E-state index contributed by atoms with van der Waals surface area (Å²) < 4.78 is 7.36. The molecule has 0 bridgehead atoms. The molecule has 1 saturated carbocycles. The predicted molar refractivity (Wildman–Crippen MR) is 99.0 cm³/mol. The summed E-state index contributed by atoms with van der Waals surface area (Å²) in [4.78, 5) is 19.1. The van der Waals surface area contributed by atoms with Crippen LogP contribution in [0.2, 0.25) is 5.02 Å². The lowest BCUT2D eigenvalue weighted by molar-refractivity contribution is 0.0696. The number of hydrogen-bond acceptors (Lipinski definition) is 3. The number of amides is 1. The van der Waals surface area contributed by atoms with Gasteiger partial charge in [0.1, 0.15) is 5.82 Å². The van der Waals surface area contributed by atoms with Crippen LogP contribution in [0.5, 0.6) is 0 Å². The van der Waals surface area contributed by atoms with E-state index in [9.17, 15) is 4.79 Å². The number of aromatic nitrogens is 2. The van der Waals surface area contributed by atoms with Crippen molar-refractivity contribution in [1.29, 1.82) is 0 Å². The zero-order valence-electron chi connectivity index (χ0n) is 14.3. The number of carbonyl (C=O) groups excluding carboxylic acids is 1. The molecule has 1 fully saturated rings. The molecular weight excluding hydrogens is 350 g/mol. The normalized spacial score (nSPS) is 13.7. The van der Waals surface area contributed by atoms with E-state index in [2.05, 4.69) is 9.55 Å². The highest BCUT2D eigenvalue weighted by molar-refractivity contribution is 6.30. The van der Waals surface area contributed by atoms with E-state index < -0.39 is 0 Å².